The lowest BCUT2D eigenvalue weighted by Gasteiger charge is -2.33. The minimum absolute atomic E-state index is 0.0583. The topological polar surface area (TPSA) is 55.7 Å². The summed E-state index contributed by atoms with van der Waals surface area (Å²) in [6.07, 6.45) is 4.04. The maximum Gasteiger partial charge on any atom is 0.341 e. The highest BCUT2D eigenvalue weighted by atomic mass is 16.6. The third-order valence-corrected chi connectivity index (χ3v) is 6.03. The van der Waals surface area contributed by atoms with Crippen molar-refractivity contribution in [1.82, 2.24) is 0 Å². The zero-order valence-electron chi connectivity index (χ0n) is 19.6. The SMILES string of the molecule is CC(C)C[C@@]1([C@@H](CC(=O)/C=C/c2ccccc2)c2ccccc2)N=C(c2ccccc2)OC1=O. The molecule has 2 atom stereocenters. The number of ether oxygens (including phenoxy) is 1. The van der Waals surface area contributed by atoms with Gasteiger partial charge in [-0.2, -0.15) is 0 Å². The predicted octanol–water partition coefficient (Wildman–Crippen LogP) is 6.23. The lowest BCUT2D eigenvalue weighted by molar-refractivity contribution is -0.140. The molecule has 0 spiro atoms. The molecule has 0 aromatic heterocycles. The van der Waals surface area contributed by atoms with Gasteiger partial charge in [0.2, 0.25) is 5.90 Å². The smallest absolute Gasteiger partial charge is 0.341 e. The molecule has 0 unspecified atom stereocenters. The van der Waals surface area contributed by atoms with Crippen LogP contribution in [-0.4, -0.2) is 23.2 Å². The molecular formula is C30H29NO3. The van der Waals surface area contributed by atoms with Crippen LogP contribution < -0.4 is 0 Å². The van der Waals surface area contributed by atoms with Crippen molar-refractivity contribution in [3.8, 4) is 0 Å². The van der Waals surface area contributed by atoms with E-state index in [0.717, 1.165) is 16.7 Å². The van der Waals surface area contributed by atoms with E-state index >= 15 is 0 Å². The number of esters is 1. The summed E-state index contributed by atoms with van der Waals surface area (Å²) in [5, 5.41) is 0. The average Bonchev–Trinajstić information content (AvgIpc) is 3.19. The van der Waals surface area contributed by atoms with Crippen molar-refractivity contribution in [3.05, 3.63) is 114 Å². The van der Waals surface area contributed by atoms with Gasteiger partial charge in [0.15, 0.2) is 11.3 Å². The van der Waals surface area contributed by atoms with Gasteiger partial charge in [-0.25, -0.2) is 9.79 Å². The van der Waals surface area contributed by atoms with Gasteiger partial charge in [-0.3, -0.25) is 4.79 Å². The third-order valence-electron chi connectivity index (χ3n) is 6.03. The largest absolute Gasteiger partial charge is 0.405 e. The lowest BCUT2D eigenvalue weighted by Crippen LogP contribution is -2.42. The van der Waals surface area contributed by atoms with E-state index in [0.29, 0.717) is 12.3 Å². The maximum absolute atomic E-state index is 13.5. The van der Waals surface area contributed by atoms with Crippen molar-refractivity contribution in [3.63, 3.8) is 0 Å². The first kappa shape index (κ1) is 23.4. The van der Waals surface area contributed by atoms with Crippen LogP contribution in [-0.2, 0) is 14.3 Å². The Balaban J connectivity index is 1.74. The van der Waals surface area contributed by atoms with Gasteiger partial charge in [-0.15, -0.1) is 0 Å². The highest BCUT2D eigenvalue weighted by molar-refractivity contribution is 6.08. The molecule has 4 heteroatoms. The van der Waals surface area contributed by atoms with E-state index < -0.39 is 17.4 Å². The number of hydrogen-bond acceptors (Lipinski definition) is 4. The molecule has 0 fully saturated rings. The average molecular weight is 452 g/mol. The number of cyclic esters (lactones) is 1. The van der Waals surface area contributed by atoms with Crippen LogP contribution in [0.1, 0.15) is 49.3 Å². The zero-order chi connectivity index (χ0) is 24.0. The van der Waals surface area contributed by atoms with Gasteiger partial charge in [0, 0.05) is 17.9 Å². The number of allylic oxidation sites excluding steroid dienone is 1. The number of benzene rings is 3. The fourth-order valence-corrected chi connectivity index (χ4v) is 4.51. The van der Waals surface area contributed by atoms with E-state index in [2.05, 4.69) is 13.8 Å². The van der Waals surface area contributed by atoms with Crippen LogP contribution >= 0.6 is 0 Å². The molecule has 0 radical (unpaired) electrons. The molecular weight excluding hydrogens is 422 g/mol. The van der Waals surface area contributed by atoms with Crippen molar-refractivity contribution in [2.45, 2.75) is 38.1 Å². The van der Waals surface area contributed by atoms with Crippen LogP contribution in [0.3, 0.4) is 0 Å². The second-order valence-electron chi connectivity index (χ2n) is 9.07. The van der Waals surface area contributed by atoms with Crippen LogP contribution in [0.25, 0.3) is 6.08 Å². The Bertz CT molecular complexity index is 1180. The molecule has 3 aromatic rings. The molecule has 0 aliphatic carbocycles. The fourth-order valence-electron chi connectivity index (χ4n) is 4.51. The first-order chi connectivity index (χ1) is 16.5. The van der Waals surface area contributed by atoms with Gasteiger partial charge in [0.1, 0.15) is 0 Å². The van der Waals surface area contributed by atoms with Gasteiger partial charge in [0.05, 0.1) is 0 Å². The summed E-state index contributed by atoms with van der Waals surface area (Å²) in [5.74, 6) is -0.407. The van der Waals surface area contributed by atoms with E-state index in [1.807, 2.05) is 97.1 Å². The molecule has 0 bridgehead atoms. The molecule has 0 N–H and O–H groups in total. The van der Waals surface area contributed by atoms with Gasteiger partial charge in [-0.05, 0) is 41.7 Å². The molecule has 1 heterocycles. The summed E-state index contributed by atoms with van der Waals surface area (Å²) in [4.78, 5) is 31.6. The molecule has 4 nitrogen and oxygen atoms in total. The normalized spacial score (nSPS) is 18.7. The van der Waals surface area contributed by atoms with Gasteiger partial charge >= 0.3 is 5.97 Å². The van der Waals surface area contributed by atoms with Crippen molar-refractivity contribution in [2.24, 2.45) is 10.9 Å². The molecule has 172 valence electrons. The number of nitrogens with zero attached hydrogens (tertiary/aromatic N) is 1. The summed E-state index contributed by atoms with van der Waals surface area (Å²) in [6, 6.07) is 28.9. The minimum atomic E-state index is -1.17. The number of rotatable bonds is 9. The van der Waals surface area contributed by atoms with Crippen LogP contribution in [0.5, 0.6) is 0 Å². The summed E-state index contributed by atoms with van der Waals surface area (Å²) in [7, 11) is 0. The number of carbonyl (C=O) groups excluding carboxylic acids is 2. The molecule has 1 aliphatic heterocycles. The standard InChI is InChI=1S/C30H29NO3/c1-22(2)21-30(29(33)34-28(31-30)25-16-10-5-11-17-25)27(24-14-8-4-9-15-24)20-26(32)19-18-23-12-6-3-7-13-23/h3-19,22,27H,20-21H2,1-2H3/b19-18+/t27-,30-/m0/s1. The maximum atomic E-state index is 13.5. The van der Waals surface area contributed by atoms with Crippen LogP contribution in [0.2, 0.25) is 0 Å². The van der Waals surface area contributed by atoms with Crippen molar-refractivity contribution in [1.29, 1.82) is 0 Å². The van der Waals surface area contributed by atoms with Crippen LogP contribution in [0, 0.1) is 5.92 Å². The Morgan fingerprint density at radius 1 is 0.912 bits per heavy atom. The first-order valence-corrected chi connectivity index (χ1v) is 11.7. The van der Waals surface area contributed by atoms with E-state index in [9.17, 15) is 9.59 Å². The fraction of sp³-hybridized carbons (Fsp3) is 0.233. The minimum Gasteiger partial charge on any atom is -0.405 e. The van der Waals surface area contributed by atoms with Gasteiger partial charge < -0.3 is 4.74 Å². The summed E-state index contributed by atoms with van der Waals surface area (Å²) in [5.41, 5.74) is 1.44. The van der Waals surface area contributed by atoms with Crippen molar-refractivity contribution >= 4 is 23.7 Å². The van der Waals surface area contributed by atoms with E-state index in [-0.39, 0.29) is 18.1 Å². The molecule has 0 saturated carbocycles. The molecule has 0 amide bonds. The predicted molar refractivity (Wildman–Crippen MR) is 136 cm³/mol. The molecule has 4 rings (SSSR count). The zero-order valence-corrected chi connectivity index (χ0v) is 19.6. The quantitative estimate of drug-likeness (QED) is 0.286. The Morgan fingerprint density at radius 2 is 1.50 bits per heavy atom. The van der Waals surface area contributed by atoms with Gasteiger partial charge in [-0.1, -0.05) is 98.8 Å². The number of aliphatic imine (C=N–C) groups is 1. The van der Waals surface area contributed by atoms with Crippen LogP contribution in [0.15, 0.2) is 102 Å². The van der Waals surface area contributed by atoms with E-state index in [1.54, 1.807) is 6.08 Å². The van der Waals surface area contributed by atoms with Crippen molar-refractivity contribution < 1.29 is 14.3 Å². The third kappa shape index (κ3) is 5.23. The highest BCUT2D eigenvalue weighted by Crippen LogP contribution is 2.44. The Labute approximate surface area is 201 Å². The second kappa shape index (κ2) is 10.4. The lowest BCUT2D eigenvalue weighted by atomic mass is 9.72. The Kier molecular flexibility index (Phi) is 7.17. The first-order valence-electron chi connectivity index (χ1n) is 11.7. The van der Waals surface area contributed by atoms with Gasteiger partial charge in [0.25, 0.3) is 0 Å². The Hall–Kier alpha value is -3.79. The Morgan fingerprint density at radius 3 is 2.12 bits per heavy atom. The summed E-state index contributed by atoms with van der Waals surface area (Å²) in [6.45, 7) is 4.12. The second-order valence-corrected chi connectivity index (χ2v) is 9.07. The monoisotopic (exact) mass is 451 g/mol. The molecule has 34 heavy (non-hydrogen) atoms. The summed E-state index contributed by atoms with van der Waals surface area (Å²) < 4.78 is 5.76. The van der Waals surface area contributed by atoms with E-state index in [1.165, 1.54) is 0 Å². The van der Waals surface area contributed by atoms with Crippen LogP contribution in [0.4, 0.5) is 0 Å². The summed E-state index contributed by atoms with van der Waals surface area (Å²) >= 11 is 0. The number of ketones is 1. The highest BCUT2D eigenvalue weighted by Gasteiger charge is 2.53. The van der Waals surface area contributed by atoms with E-state index in [4.69, 9.17) is 9.73 Å². The number of carbonyl (C=O) groups is 2. The van der Waals surface area contributed by atoms with Crippen molar-refractivity contribution in [2.75, 3.05) is 0 Å². The molecule has 1 aliphatic rings. The number of hydrogen-bond donors (Lipinski definition) is 0. The molecule has 3 aromatic carbocycles. The molecule has 0 saturated heterocycles.